The first-order valence-corrected chi connectivity index (χ1v) is 6.45. The Labute approximate surface area is 98.9 Å². The molecule has 0 amide bonds. The van der Waals surface area contributed by atoms with Gasteiger partial charge < -0.3 is 4.57 Å². The largest absolute Gasteiger partial charge is 0.312 e. The zero-order valence-electron chi connectivity index (χ0n) is 8.94. The van der Waals surface area contributed by atoms with Crippen molar-refractivity contribution in [1.82, 2.24) is 9.55 Å². The highest BCUT2D eigenvalue weighted by Gasteiger charge is 2.07. The van der Waals surface area contributed by atoms with Crippen LogP contribution in [0, 0.1) is 5.92 Å². The summed E-state index contributed by atoms with van der Waals surface area (Å²) in [4.78, 5) is 15.8. The van der Waals surface area contributed by atoms with Gasteiger partial charge in [-0.1, -0.05) is 6.92 Å². The van der Waals surface area contributed by atoms with Gasteiger partial charge in [-0.3, -0.25) is 4.79 Å². The smallest absolute Gasteiger partial charge is 0.283 e. The van der Waals surface area contributed by atoms with Gasteiger partial charge in [0.05, 0.1) is 0 Å². The molecule has 0 bridgehead atoms. The minimum atomic E-state index is -0.00762. The zero-order chi connectivity index (χ0) is 11.3. The van der Waals surface area contributed by atoms with Gasteiger partial charge in [0.25, 0.3) is 5.56 Å². The fourth-order valence-electron chi connectivity index (χ4n) is 1.04. The molecule has 1 rings (SSSR count). The van der Waals surface area contributed by atoms with Crippen LogP contribution in [-0.2, 0) is 6.54 Å². The first kappa shape index (κ1) is 12.6. The summed E-state index contributed by atoms with van der Waals surface area (Å²) >= 11 is 7.18. The molecule has 3 nitrogen and oxygen atoms in total. The predicted molar refractivity (Wildman–Crippen MR) is 64.8 cm³/mol. The van der Waals surface area contributed by atoms with Crippen LogP contribution < -0.4 is 5.56 Å². The quantitative estimate of drug-likeness (QED) is 0.590. The number of nitrogens with zero attached hydrogens (tertiary/aromatic N) is 2. The van der Waals surface area contributed by atoms with Crippen molar-refractivity contribution in [1.29, 1.82) is 0 Å². The fraction of sp³-hybridized carbons (Fsp3) is 0.600. The minimum absolute atomic E-state index is 0.00762. The van der Waals surface area contributed by atoms with E-state index in [1.165, 1.54) is 11.8 Å². The molecular weight excluding hydrogens is 232 g/mol. The predicted octanol–water partition coefficient (Wildman–Crippen LogP) is 2.23. The van der Waals surface area contributed by atoms with Gasteiger partial charge >= 0.3 is 0 Å². The Morgan fingerprint density at radius 2 is 2.40 bits per heavy atom. The average Bonchev–Trinajstić information content (AvgIpc) is 2.27. The molecule has 0 aliphatic heterocycles. The van der Waals surface area contributed by atoms with Gasteiger partial charge in [0.15, 0.2) is 5.03 Å². The summed E-state index contributed by atoms with van der Waals surface area (Å²) in [6.07, 6.45) is 3.37. The van der Waals surface area contributed by atoms with Crippen molar-refractivity contribution >= 4 is 23.4 Å². The summed E-state index contributed by atoms with van der Waals surface area (Å²) in [5.41, 5.74) is -0.00762. The number of hydrogen-bond donors (Lipinski definition) is 0. The highest BCUT2D eigenvalue weighted by Crippen LogP contribution is 2.15. The van der Waals surface area contributed by atoms with Crippen LogP contribution in [0.5, 0.6) is 0 Å². The molecule has 15 heavy (non-hydrogen) atoms. The van der Waals surface area contributed by atoms with Gasteiger partial charge in [-0.2, -0.15) is 0 Å². The molecule has 5 heteroatoms. The number of halogens is 1. The molecule has 1 heterocycles. The van der Waals surface area contributed by atoms with E-state index in [2.05, 4.69) is 11.9 Å². The van der Waals surface area contributed by atoms with Crippen molar-refractivity contribution in [2.45, 2.75) is 25.4 Å². The van der Waals surface area contributed by atoms with E-state index in [-0.39, 0.29) is 5.56 Å². The maximum Gasteiger partial charge on any atom is 0.283 e. The first-order valence-electron chi connectivity index (χ1n) is 4.93. The summed E-state index contributed by atoms with van der Waals surface area (Å²) in [6.45, 7) is 4.68. The third kappa shape index (κ3) is 3.54. The van der Waals surface area contributed by atoms with Gasteiger partial charge in [0, 0.05) is 30.6 Å². The maximum absolute atomic E-state index is 11.7. The normalized spacial score (nSPS) is 12.7. The molecule has 1 aromatic heterocycles. The van der Waals surface area contributed by atoms with Crippen molar-refractivity contribution in [3.8, 4) is 0 Å². The third-order valence-electron chi connectivity index (χ3n) is 1.99. The maximum atomic E-state index is 11.7. The molecule has 0 fully saturated rings. The highest BCUT2D eigenvalue weighted by atomic mass is 35.5. The van der Waals surface area contributed by atoms with E-state index in [0.717, 1.165) is 5.75 Å². The second kappa shape index (κ2) is 6.18. The van der Waals surface area contributed by atoms with Gasteiger partial charge in [0.1, 0.15) is 0 Å². The van der Waals surface area contributed by atoms with E-state index in [4.69, 9.17) is 11.6 Å². The topological polar surface area (TPSA) is 34.9 Å². The lowest BCUT2D eigenvalue weighted by molar-refractivity contribution is 0.690. The molecule has 0 aromatic carbocycles. The Bertz CT molecular complexity index is 367. The lowest BCUT2D eigenvalue weighted by atomic mass is 10.3. The second-order valence-electron chi connectivity index (χ2n) is 3.39. The molecule has 0 saturated heterocycles. The Balaban J connectivity index is 2.73. The van der Waals surface area contributed by atoms with E-state index in [0.29, 0.717) is 23.4 Å². The van der Waals surface area contributed by atoms with E-state index in [9.17, 15) is 4.79 Å². The number of alkyl halides is 1. The summed E-state index contributed by atoms with van der Waals surface area (Å²) in [6, 6.07) is 0. The van der Waals surface area contributed by atoms with E-state index >= 15 is 0 Å². The van der Waals surface area contributed by atoms with Crippen LogP contribution in [-0.4, -0.2) is 21.2 Å². The van der Waals surface area contributed by atoms with Crippen molar-refractivity contribution < 1.29 is 0 Å². The Morgan fingerprint density at radius 1 is 1.67 bits per heavy atom. The number of aromatic nitrogens is 2. The molecule has 0 aliphatic rings. The number of aryl methyl sites for hydroxylation is 1. The van der Waals surface area contributed by atoms with E-state index < -0.39 is 0 Å². The summed E-state index contributed by atoms with van der Waals surface area (Å²) in [5.74, 6) is 1.84. The minimum Gasteiger partial charge on any atom is -0.312 e. The number of rotatable bonds is 5. The Hall–Kier alpha value is -0.480. The second-order valence-corrected chi connectivity index (χ2v) is 4.71. The Kier molecular flexibility index (Phi) is 5.19. The zero-order valence-corrected chi connectivity index (χ0v) is 10.5. The first-order chi connectivity index (χ1) is 7.19. The van der Waals surface area contributed by atoms with E-state index in [1.807, 2.05) is 6.92 Å². The van der Waals surface area contributed by atoms with E-state index in [1.54, 1.807) is 17.0 Å². The molecule has 1 unspecified atom stereocenters. The monoisotopic (exact) mass is 246 g/mol. The lowest BCUT2D eigenvalue weighted by Crippen LogP contribution is -2.21. The molecule has 0 N–H and O–H groups in total. The third-order valence-corrected chi connectivity index (χ3v) is 3.81. The molecular formula is C10H15ClN2OS. The van der Waals surface area contributed by atoms with Crippen molar-refractivity contribution in [2.24, 2.45) is 5.92 Å². The summed E-state index contributed by atoms with van der Waals surface area (Å²) in [5, 5.41) is 0.566. The van der Waals surface area contributed by atoms with Crippen molar-refractivity contribution in [3.63, 3.8) is 0 Å². The summed E-state index contributed by atoms with van der Waals surface area (Å²) in [7, 11) is 0. The standard InChI is InChI=1S/C10H15ClN2OS/c1-3-13-5-4-12-9(10(13)14)15-7-8(2)6-11/h4-5,8H,3,6-7H2,1-2H3. The van der Waals surface area contributed by atoms with Crippen LogP contribution in [0.4, 0.5) is 0 Å². The van der Waals surface area contributed by atoms with Crippen LogP contribution in [0.1, 0.15) is 13.8 Å². The number of hydrogen-bond acceptors (Lipinski definition) is 3. The summed E-state index contributed by atoms with van der Waals surface area (Å²) < 4.78 is 1.65. The molecule has 0 spiro atoms. The van der Waals surface area contributed by atoms with Crippen molar-refractivity contribution in [3.05, 3.63) is 22.7 Å². The van der Waals surface area contributed by atoms with Gasteiger partial charge in [0.2, 0.25) is 0 Å². The van der Waals surface area contributed by atoms with Crippen LogP contribution in [0.15, 0.2) is 22.2 Å². The highest BCUT2D eigenvalue weighted by molar-refractivity contribution is 7.99. The molecule has 84 valence electrons. The molecule has 0 aliphatic carbocycles. The van der Waals surface area contributed by atoms with Crippen LogP contribution in [0.2, 0.25) is 0 Å². The molecule has 1 atom stereocenters. The number of thioether (sulfide) groups is 1. The van der Waals surface area contributed by atoms with Gasteiger partial charge in [-0.15, -0.1) is 23.4 Å². The van der Waals surface area contributed by atoms with Crippen LogP contribution in [0.3, 0.4) is 0 Å². The lowest BCUT2D eigenvalue weighted by Gasteiger charge is -2.07. The molecule has 0 radical (unpaired) electrons. The van der Waals surface area contributed by atoms with Crippen molar-refractivity contribution in [2.75, 3.05) is 11.6 Å². The molecule has 1 aromatic rings. The van der Waals surface area contributed by atoms with Gasteiger partial charge in [-0.25, -0.2) is 4.98 Å². The fourth-order valence-corrected chi connectivity index (χ4v) is 2.22. The van der Waals surface area contributed by atoms with Crippen LogP contribution in [0.25, 0.3) is 0 Å². The van der Waals surface area contributed by atoms with Crippen LogP contribution >= 0.6 is 23.4 Å². The Morgan fingerprint density at radius 3 is 3.00 bits per heavy atom. The molecule has 0 saturated carbocycles. The van der Waals surface area contributed by atoms with Gasteiger partial charge in [-0.05, 0) is 12.8 Å². The SMILES string of the molecule is CCn1ccnc(SCC(C)CCl)c1=O. The average molecular weight is 247 g/mol.